The van der Waals surface area contributed by atoms with Crippen LogP contribution in [0.3, 0.4) is 0 Å². The largest absolute Gasteiger partial charge is 0.396 e. The van der Waals surface area contributed by atoms with Crippen LogP contribution in [0.25, 0.3) is 0 Å². The molecular formula is C17H30O4. The van der Waals surface area contributed by atoms with E-state index < -0.39 is 5.41 Å². The average Bonchev–Trinajstić information content (AvgIpc) is 2.53. The van der Waals surface area contributed by atoms with Crippen molar-refractivity contribution in [1.29, 1.82) is 0 Å². The van der Waals surface area contributed by atoms with E-state index in [1.807, 2.05) is 20.8 Å². The maximum atomic E-state index is 9.82. The van der Waals surface area contributed by atoms with Gasteiger partial charge >= 0.3 is 0 Å². The van der Waals surface area contributed by atoms with Crippen LogP contribution < -0.4 is 0 Å². The fourth-order valence-corrected chi connectivity index (χ4v) is 1.39. The third-order valence-corrected chi connectivity index (χ3v) is 3.29. The lowest BCUT2D eigenvalue weighted by Crippen LogP contribution is -2.42. The molecular weight excluding hydrogens is 268 g/mol. The second-order valence-electron chi connectivity index (χ2n) is 5.41. The predicted octanol–water partition coefficient (Wildman–Crippen LogP) is 2.74. The van der Waals surface area contributed by atoms with Crippen LogP contribution in [0.5, 0.6) is 0 Å². The van der Waals surface area contributed by atoms with Crippen LogP contribution >= 0.6 is 0 Å². The van der Waals surface area contributed by atoms with Gasteiger partial charge in [0.15, 0.2) is 0 Å². The standard InChI is InChI=1S/C17H30O4/c1-7-14(4)19-11-17(10-18,12-20-15(5)8-2)13-21-16(6)9-3/h7-9,14-16,18H,1-3,10-13H2,4-6H3. The molecule has 0 aliphatic heterocycles. The zero-order chi connectivity index (χ0) is 16.3. The summed E-state index contributed by atoms with van der Waals surface area (Å²) in [5, 5.41) is 9.82. The minimum atomic E-state index is -0.619. The summed E-state index contributed by atoms with van der Waals surface area (Å²) in [5.74, 6) is 0. The number of rotatable bonds is 13. The van der Waals surface area contributed by atoms with Gasteiger partial charge in [0.2, 0.25) is 0 Å². The molecule has 0 aromatic carbocycles. The van der Waals surface area contributed by atoms with Crippen LogP contribution in [0.15, 0.2) is 38.0 Å². The van der Waals surface area contributed by atoms with E-state index >= 15 is 0 Å². The Morgan fingerprint density at radius 1 is 0.810 bits per heavy atom. The van der Waals surface area contributed by atoms with E-state index in [2.05, 4.69) is 19.7 Å². The Bertz CT molecular complexity index is 268. The predicted molar refractivity (Wildman–Crippen MR) is 86.4 cm³/mol. The highest BCUT2D eigenvalue weighted by molar-refractivity contribution is 4.85. The van der Waals surface area contributed by atoms with Crippen molar-refractivity contribution in [2.45, 2.75) is 39.1 Å². The van der Waals surface area contributed by atoms with Crippen molar-refractivity contribution in [2.24, 2.45) is 5.41 Å². The molecule has 21 heavy (non-hydrogen) atoms. The smallest absolute Gasteiger partial charge is 0.0725 e. The van der Waals surface area contributed by atoms with Gasteiger partial charge in [-0.3, -0.25) is 0 Å². The maximum Gasteiger partial charge on any atom is 0.0725 e. The zero-order valence-corrected chi connectivity index (χ0v) is 13.6. The summed E-state index contributed by atoms with van der Waals surface area (Å²) in [5.41, 5.74) is -0.619. The quantitative estimate of drug-likeness (QED) is 0.531. The molecule has 3 atom stereocenters. The Balaban J connectivity index is 4.75. The molecule has 0 bridgehead atoms. The van der Waals surface area contributed by atoms with Gasteiger partial charge in [-0.1, -0.05) is 18.2 Å². The number of aliphatic hydroxyl groups is 1. The Labute approximate surface area is 129 Å². The second kappa shape index (κ2) is 10.7. The molecule has 4 heteroatoms. The summed E-state index contributed by atoms with van der Waals surface area (Å²) >= 11 is 0. The van der Waals surface area contributed by atoms with Gasteiger partial charge in [-0.2, -0.15) is 0 Å². The Morgan fingerprint density at radius 3 is 1.29 bits per heavy atom. The number of aliphatic hydroxyl groups excluding tert-OH is 1. The molecule has 0 radical (unpaired) electrons. The van der Waals surface area contributed by atoms with Crippen molar-refractivity contribution in [1.82, 2.24) is 0 Å². The van der Waals surface area contributed by atoms with Crippen LogP contribution in [0, 0.1) is 5.41 Å². The van der Waals surface area contributed by atoms with Crippen LogP contribution in [-0.2, 0) is 14.2 Å². The van der Waals surface area contributed by atoms with E-state index in [0.29, 0.717) is 19.8 Å². The van der Waals surface area contributed by atoms with Gasteiger partial charge < -0.3 is 19.3 Å². The lowest BCUT2D eigenvalue weighted by Gasteiger charge is -2.33. The molecule has 0 amide bonds. The average molecular weight is 298 g/mol. The van der Waals surface area contributed by atoms with E-state index in [0.717, 1.165) is 0 Å². The third kappa shape index (κ3) is 8.17. The van der Waals surface area contributed by atoms with Crippen LogP contribution in [0.2, 0.25) is 0 Å². The molecule has 0 aliphatic carbocycles. The minimum absolute atomic E-state index is 0.0927. The minimum Gasteiger partial charge on any atom is -0.396 e. The Kier molecular flexibility index (Phi) is 10.3. The van der Waals surface area contributed by atoms with E-state index in [4.69, 9.17) is 14.2 Å². The van der Waals surface area contributed by atoms with Gasteiger partial charge in [0.1, 0.15) is 0 Å². The lowest BCUT2D eigenvalue weighted by molar-refractivity contribution is -0.111. The maximum absolute atomic E-state index is 9.82. The van der Waals surface area contributed by atoms with Crippen molar-refractivity contribution in [3.05, 3.63) is 38.0 Å². The molecule has 0 heterocycles. The SMILES string of the molecule is C=CC(C)OCC(CO)(COC(C)C=C)COC(C)C=C. The third-order valence-electron chi connectivity index (χ3n) is 3.29. The first kappa shape index (κ1) is 20.1. The highest BCUT2D eigenvalue weighted by Gasteiger charge is 2.32. The summed E-state index contributed by atoms with van der Waals surface area (Å²) in [6.07, 6.45) is 4.85. The number of ether oxygens (including phenoxy) is 3. The molecule has 1 N–H and O–H groups in total. The fraction of sp³-hybridized carbons (Fsp3) is 0.647. The second-order valence-corrected chi connectivity index (χ2v) is 5.41. The van der Waals surface area contributed by atoms with Gasteiger partial charge in [0.05, 0.1) is 50.2 Å². The summed E-state index contributed by atoms with van der Waals surface area (Å²) in [6, 6.07) is 0. The first-order valence-corrected chi connectivity index (χ1v) is 7.26. The Morgan fingerprint density at radius 2 is 1.10 bits per heavy atom. The van der Waals surface area contributed by atoms with Gasteiger partial charge in [-0.15, -0.1) is 19.7 Å². The highest BCUT2D eigenvalue weighted by atomic mass is 16.5. The van der Waals surface area contributed by atoms with Crippen molar-refractivity contribution in [3.63, 3.8) is 0 Å². The fourth-order valence-electron chi connectivity index (χ4n) is 1.39. The molecule has 0 saturated carbocycles. The van der Waals surface area contributed by atoms with Crippen LogP contribution in [0.4, 0.5) is 0 Å². The molecule has 122 valence electrons. The molecule has 0 aromatic rings. The van der Waals surface area contributed by atoms with E-state index in [9.17, 15) is 5.11 Å². The molecule has 0 rings (SSSR count). The summed E-state index contributed by atoms with van der Waals surface area (Å²) in [6.45, 7) is 17.6. The summed E-state index contributed by atoms with van der Waals surface area (Å²) in [4.78, 5) is 0. The lowest BCUT2D eigenvalue weighted by atomic mass is 9.92. The van der Waals surface area contributed by atoms with Crippen LogP contribution in [0.1, 0.15) is 20.8 Å². The van der Waals surface area contributed by atoms with Crippen molar-refractivity contribution in [3.8, 4) is 0 Å². The van der Waals surface area contributed by atoms with E-state index in [1.54, 1.807) is 18.2 Å². The van der Waals surface area contributed by atoms with Crippen molar-refractivity contribution >= 4 is 0 Å². The zero-order valence-electron chi connectivity index (χ0n) is 13.6. The number of hydrogen-bond acceptors (Lipinski definition) is 4. The monoisotopic (exact) mass is 298 g/mol. The molecule has 0 fully saturated rings. The molecule has 0 aliphatic rings. The highest BCUT2D eigenvalue weighted by Crippen LogP contribution is 2.21. The topological polar surface area (TPSA) is 47.9 Å². The molecule has 0 saturated heterocycles. The van der Waals surface area contributed by atoms with Gasteiger partial charge in [0.25, 0.3) is 0 Å². The molecule has 4 nitrogen and oxygen atoms in total. The van der Waals surface area contributed by atoms with Gasteiger partial charge in [0, 0.05) is 0 Å². The molecule has 3 unspecified atom stereocenters. The van der Waals surface area contributed by atoms with E-state index in [-0.39, 0.29) is 24.9 Å². The normalized spacial score (nSPS) is 18.3. The van der Waals surface area contributed by atoms with Crippen LogP contribution in [-0.4, -0.2) is 49.8 Å². The van der Waals surface area contributed by atoms with Crippen molar-refractivity contribution < 1.29 is 19.3 Å². The summed E-state index contributed by atoms with van der Waals surface area (Å²) < 4.78 is 17.1. The first-order chi connectivity index (χ1) is 9.92. The number of hydrogen-bond donors (Lipinski definition) is 1. The van der Waals surface area contributed by atoms with Crippen molar-refractivity contribution in [2.75, 3.05) is 26.4 Å². The van der Waals surface area contributed by atoms with Gasteiger partial charge in [-0.05, 0) is 20.8 Å². The molecule has 0 aromatic heterocycles. The first-order valence-electron chi connectivity index (χ1n) is 7.26. The summed E-state index contributed by atoms with van der Waals surface area (Å²) in [7, 11) is 0. The van der Waals surface area contributed by atoms with E-state index in [1.165, 1.54) is 0 Å². The van der Waals surface area contributed by atoms with Gasteiger partial charge in [-0.25, -0.2) is 0 Å². The Hall–Kier alpha value is -0.940. The molecule has 0 spiro atoms.